The number of rotatable bonds is 5. The number of likely N-dealkylation sites (tertiary alicyclic amines) is 1. The lowest BCUT2D eigenvalue weighted by Gasteiger charge is -2.36. The van der Waals surface area contributed by atoms with Crippen molar-refractivity contribution in [3.05, 3.63) is 117 Å². The summed E-state index contributed by atoms with van der Waals surface area (Å²) in [6, 6.07) is 20.6. The van der Waals surface area contributed by atoms with Gasteiger partial charge in [0.15, 0.2) is 5.78 Å². The summed E-state index contributed by atoms with van der Waals surface area (Å²) < 4.78 is 0. The van der Waals surface area contributed by atoms with Crippen LogP contribution in [0.4, 0.5) is 5.69 Å². The van der Waals surface area contributed by atoms with Crippen LogP contribution in [-0.4, -0.2) is 38.4 Å². The third-order valence-corrected chi connectivity index (χ3v) is 7.80. The summed E-state index contributed by atoms with van der Waals surface area (Å²) in [5.41, 5.74) is 2.82. The highest BCUT2D eigenvalue weighted by molar-refractivity contribution is 6.12. The Balaban J connectivity index is 1.45. The van der Waals surface area contributed by atoms with Crippen molar-refractivity contribution >= 4 is 29.4 Å². The zero-order valence-corrected chi connectivity index (χ0v) is 19.9. The molecule has 0 unspecified atom stereocenters. The first-order valence-electron chi connectivity index (χ1n) is 12.1. The minimum absolute atomic E-state index is 0.125. The third-order valence-electron chi connectivity index (χ3n) is 7.80. The molecule has 5 atom stereocenters. The van der Waals surface area contributed by atoms with Crippen molar-refractivity contribution in [1.29, 1.82) is 0 Å². The van der Waals surface area contributed by atoms with Gasteiger partial charge in [0.2, 0.25) is 11.8 Å². The molecule has 3 heterocycles. The van der Waals surface area contributed by atoms with E-state index in [0.717, 1.165) is 16.7 Å². The van der Waals surface area contributed by atoms with Crippen LogP contribution in [0.25, 0.3) is 6.08 Å². The Hall–Kier alpha value is -4.59. The number of carbonyl (C=O) groups excluding carboxylic acids is 3. The van der Waals surface area contributed by atoms with Crippen LogP contribution in [0.15, 0.2) is 85.1 Å². The third kappa shape index (κ3) is 3.40. The van der Waals surface area contributed by atoms with Gasteiger partial charge < -0.3 is 4.90 Å². The fourth-order valence-corrected chi connectivity index (χ4v) is 6.06. The number of nitro groups is 1. The topological polar surface area (TPSA) is 101 Å². The summed E-state index contributed by atoms with van der Waals surface area (Å²) in [6.07, 6.45) is 3.69. The summed E-state index contributed by atoms with van der Waals surface area (Å²) in [7, 11) is 0. The lowest BCUT2D eigenvalue weighted by molar-refractivity contribution is -0.384. The Morgan fingerprint density at radius 1 is 0.892 bits per heavy atom. The van der Waals surface area contributed by atoms with Crippen LogP contribution in [0.2, 0.25) is 0 Å². The average molecular weight is 494 g/mol. The Morgan fingerprint density at radius 3 is 2.24 bits per heavy atom. The highest BCUT2D eigenvalue weighted by Crippen LogP contribution is 2.54. The van der Waals surface area contributed by atoms with Gasteiger partial charge in [-0.3, -0.25) is 29.4 Å². The first kappa shape index (κ1) is 22.8. The number of nitrogens with zero attached hydrogens (tertiary/aromatic N) is 3. The van der Waals surface area contributed by atoms with Gasteiger partial charge in [-0.05, 0) is 41.8 Å². The second-order valence-corrected chi connectivity index (χ2v) is 9.63. The number of nitro benzene ring substituents is 1. The molecule has 3 aromatic carbocycles. The van der Waals surface area contributed by atoms with Gasteiger partial charge in [0, 0.05) is 23.9 Å². The highest BCUT2D eigenvalue weighted by Gasteiger charge is 2.64. The van der Waals surface area contributed by atoms with Crippen LogP contribution in [0, 0.1) is 22.0 Å². The van der Waals surface area contributed by atoms with E-state index in [0.29, 0.717) is 0 Å². The number of imide groups is 1. The monoisotopic (exact) mass is 493 g/mol. The van der Waals surface area contributed by atoms with Gasteiger partial charge in [0.25, 0.3) is 5.69 Å². The van der Waals surface area contributed by atoms with Crippen LogP contribution < -0.4 is 0 Å². The van der Waals surface area contributed by atoms with E-state index >= 15 is 0 Å². The molecule has 3 aliphatic rings. The smallest absolute Gasteiger partial charge is 0.269 e. The predicted molar refractivity (Wildman–Crippen MR) is 135 cm³/mol. The lowest BCUT2D eigenvalue weighted by atomic mass is 9.83. The lowest BCUT2D eigenvalue weighted by Crippen LogP contribution is -2.44. The molecule has 0 N–H and O–H groups in total. The molecule has 2 amide bonds. The number of fused-ring (bicyclic) bond motifs is 5. The molecule has 0 aliphatic carbocycles. The van der Waals surface area contributed by atoms with Crippen LogP contribution in [0.1, 0.15) is 46.1 Å². The quantitative estimate of drug-likeness (QED) is 0.224. The van der Waals surface area contributed by atoms with Gasteiger partial charge in [-0.15, -0.1) is 0 Å². The van der Waals surface area contributed by atoms with E-state index in [1.165, 1.54) is 29.2 Å². The van der Waals surface area contributed by atoms with Crippen molar-refractivity contribution in [2.45, 2.75) is 25.0 Å². The fourth-order valence-electron chi connectivity index (χ4n) is 6.06. The van der Waals surface area contributed by atoms with Crippen molar-refractivity contribution in [3.63, 3.8) is 0 Å². The molecule has 3 aliphatic heterocycles. The number of non-ortho nitro benzene ring substituents is 1. The van der Waals surface area contributed by atoms with Crippen LogP contribution in [0.5, 0.6) is 0 Å². The maximum absolute atomic E-state index is 14.0. The molecule has 2 saturated heterocycles. The number of amides is 2. The van der Waals surface area contributed by atoms with E-state index in [-0.39, 0.29) is 28.8 Å². The van der Waals surface area contributed by atoms with Gasteiger partial charge in [-0.2, -0.15) is 0 Å². The summed E-state index contributed by atoms with van der Waals surface area (Å²) in [5.74, 6) is -2.59. The Kier molecular flexibility index (Phi) is 5.26. The Bertz CT molecular complexity index is 1470. The van der Waals surface area contributed by atoms with Gasteiger partial charge in [0.1, 0.15) is 6.04 Å². The number of hydrogen-bond acceptors (Lipinski definition) is 6. The second kappa shape index (κ2) is 8.51. The van der Waals surface area contributed by atoms with E-state index in [2.05, 4.69) is 0 Å². The van der Waals surface area contributed by atoms with E-state index in [9.17, 15) is 24.5 Å². The zero-order chi connectivity index (χ0) is 25.8. The Morgan fingerprint density at radius 2 is 1.54 bits per heavy atom. The van der Waals surface area contributed by atoms with Crippen molar-refractivity contribution in [2.24, 2.45) is 11.8 Å². The molecule has 0 aromatic heterocycles. The number of benzene rings is 3. The number of carbonyl (C=O) groups is 3. The molecule has 0 spiro atoms. The largest absolute Gasteiger partial charge is 0.358 e. The highest BCUT2D eigenvalue weighted by atomic mass is 16.6. The fraction of sp³-hybridized carbons (Fsp3) is 0.207. The van der Waals surface area contributed by atoms with Crippen LogP contribution in [0.3, 0.4) is 0 Å². The number of hydrogen-bond donors (Lipinski definition) is 0. The molecule has 184 valence electrons. The number of ketones is 1. The first-order chi connectivity index (χ1) is 17.9. The summed E-state index contributed by atoms with van der Waals surface area (Å²) in [5, 5.41) is 11.1. The molecular weight excluding hydrogens is 470 g/mol. The second-order valence-electron chi connectivity index (χ2n) is 9.63. The molecular formula is C29H23N3O5. The van der Waals surface area contributed by atoms with Crippen molar-refractivity contribution in [3.8, 4) is 0 Å². The normalized spacial score (nSPS) is 24.5. The van der Waals surface area contributed by atoms with Crippen molar-refractivity contribution in [1.82, 2.24) is 9.80 Å². The Labute approximate surface area is 213 Å². The van der Waals surface area contributed by atoms with E-state index in [1.54, 1.807) is 6.20 Å². The van der Waals surface area contributed by atoms with Crippen LogP contribution in [-0.2, 0) is 9.59 Å². The molecule has 37 heavy (non-hydrogen) atoms. The summed E-state index contributed by atoms with van der Waals surface area (Å²) in [6.45, 7) is 1.83. The molecule has 0 bridgehead atoms. The van der Waals surface area contributed by atoms with Gasteiger partial charge in [-0.25, -0.2) is 0 Å². The van der Waals surface area contributed by atoms with Gasteiger partial charge >= 0.3 is 0 Å². The van der Waals surface area contributed by atoms with Crippen molar-refractivity contribution < 1.29 is 19.3 Å². The molecule has 0 radical (unpaired) electrons. The molecule has 2 fully saturated rings. The minimum atomic E-state index is -0.912. The molecule has 3 aromatic rings. The van der Waals surface area contributed by atoms with Crippen molar-refractivity contribution in [2.75, 3.05) is 0 Å². The summed E-state index contributed by atoms with van der Waals surface area (Å²) in [4.78, 5) is 55.6. The maximum Gasteiger partial charge on any atom is 0.269 e. The SMILES string of the molecule is C[C@@H](c1ccccc1)N1C(=O)[C@@H]2[C@@H](C1=O)[C@@H]1c3ccccc3C=CN1[C@@H]2C(=O)c1ccc([N+](=O)[O-])cc1. The minimum Gasteiger partial charge on any atom is -0.358 e. The summed E-state index contributed by atoms with van der Waals surface area (Å²) >= 11 is 0. The van der Waals surface area contributed by atoms with E-state index in [1.807, 2.05) is 72.5 Å². The van der Waals surface area contributed by atoms with Crippen LogP contribution >= 0.6 is 0 Å². The van der Waals surface area contributed by atoms with Gasteiger partial charge in [0.05, 0.1) is 28.8 Å². The van der Waals surface area contributed by atoms with E-state index < -0.39 is 34.9 Å². The molecule has 8 nitrogen and oxygen atoms in total. The first-order valence-corrected chi connectivity index (χ1v) is 12.1. The molecule has 6 rings (SSSR count). The average Bonchev–Trinajstić information content (AvgIpc) is 3.40. The predicted octanol–water partition coefficient (Wildman–Crippen LogP) is 4.55. The van der Waals surface area contributed by atoms with E-state index in [4.69, 9.17) is 0 Å². The maximum atomic E-state index is 14.0. The standard InChI is InChI=1S/C29H23N3O5/c1-17(18-7-3-2-4-8-18)31-28(34)23-24(29(31)35)26(27(33)20-11-13-21(14-12-20)32(36)37)30-16-15-19-9-5-6-10-22(19)25(23)30/h2-17,23-26H,1H3/t17-,23+,24+,25-,26-/m0/s1. The molecule has 8 heteroatoms. The molecule has 0 saturated carbocycles. The van der Waals surface area contributed by atoms with Gasteiger partial charge in [-0.1, -0.05) is 54.6 Å². The number of Topliss-reactive ketones (excluding diaryl/α,β-unsaturated/α-hetero) is 1. The zero-order valence-electron chi connectivity index (χ0n) is 19.9.